The number of carbonyl (C=O) groups is 9. The van der Waals surface area contributed by atoms with Gasteiger partial charge in [-0.05, 0) is 53.1 Å². The Labute approximate surface area is 247 Å². The minimum atomic E-state index is -1.40. The molecule has 43 heavy (non-hydrogen) atoms. The van der Waals surface area contributed by atoms with Crippen molar-refractivity contribution in [1.29, 1.82) is 0 Å². The van der Waals surface area contributed by atoms with E-state index in [9.17, 15) is 58.5 Å². The number of carboxylic acids is 3. The zero-order valence-electron chi connectivity index (χ0n) is 20.7. The van der Waals surface area contributed by atoms with Crippen LogP contribution in [0.15, 0.2) is 54.6 Å². The van der Waals surface area contributed by atoms with Crippen molar-refractivity contribution in [2.45, 2.75) is 0 Å². The number of carbonyl (C=O) groups excluding carboxylic acids is 9. The van der Waals surface area contributed by atoms with Crippen LogP contribution in [0, 0.1) is 0 Å². The van der Waals surface area contributed by atoms with E-state index in [1.54, 1.807) is 0 Å². The smallest absolute Gasteiger partial charge is 0.545 e. The third kappa shape index (κ3) is 6.34. The molecule has 15 nitrogen and oxygen atoms in total. The minimum Gasteiger partial charge on any atom is -0.545 e. The van der Waals surface area contributed by atoms with Crippen molar-refractivity contribution in [3.63, 3.8) is 0 Å². The molecule has 0 aliphatic carbocycles. The van der Waals surface area contributed by atoms with Gasteiger partial charge in [-0.15, -0.1) is 0 Å². The summed E-state index contributed by atoms with van der Waals surface area (Å²) in [6.45, 7) is 0. The third-order valence-electron chi connectivity index (χ3n) is 5.64. The maximum absolute atomic E-state index is 11.0. The van der Waals surface area contributed by atoms with Crippen LogP contribution in [-0.2, 0) is 31.0 Å². The zero-order chi connectivity index (χ0) is 30.9. The Morgan fingerprint density at radius 2 is 0.605 bits per heavy atom. The molecular weight excluding hydrogens is 623 g/mol. The van der Waals surface area contributed by atoms with E-state index in [4.69, 9.17) is 0 Å². The van der Waals surface area contributed by atoms with Crippen LogP contribution in [0.25, 0.3) is 0 Å². The summed E-state index contributed by atoms with van der Waals surface area (Å²) in [6.07, 6.45) is 0. The van der Waals surface area contributed by atoms with E-state index in [1.807, 2.05) is 0 Å². The van der Waals surface area contributed by atoms with Crippen molar-refractivity contribution in [2.24, 2.45) is 0 Å². The molecule has 0 saturated carbocycles. The Morgan fingerprint density at radius 3 is 0.814 bits per heavy atom. The minimum absolute atomic E-state index is 0. The van der Waals surface area contributed by atoms with Gasteiger partial charge in [-0.25, -0.2) is 28.8 Å². The van der Waals surface area contributed by atoms with Crippen LogP contribution >= 0.6 is 0 Å². The first-order valence-corrected chi connectivity index (χ1v) is 11.1. The second kappa shape index (κ2) is 12.2. The van der Waals surface area contributed by atoms with Gasteiger partial charge in [0.15, 0.2) is 0 Å². The van der Waals surface area contributed by atoms with Crippen molar-refractivity contribution in [2.75, 3.05) is 0 Å². The predicted octanol–water partition coefficient (Wildman–Crippen LogP) is -1.92. The summed E-state index contributed by atoms with van der Waals surface area (Å²) in [5.41, 5.74) is -0.314. The molecule has 6 rings (SSSR count). The van der Waals surface area contributed by atoms with Crippen molar-refractivity contribution >= 4 is 53.7 Å². The summed E-state index contributed by atoms with van der Waals surface area (Å²) in [4.78, 5) is 97.2. The second-order valence-corrected chi connectivity index (χ2v) is 8.17. The fourth-order valence-electron chi connectivity index (χ4n) is 3.64. The van der Waals surface area contributed by atoms with Crippen molar-refractivity contribution < 1.29 is 89.5 Å². The molecule has 0 amide bonds. The number of carboxylic acid groups (broad SMARTS) is 3. The van der Waals surface area contributed by atoms with Gasteiger partial charge >= 0.3 is 52.6 Å². The maximum Gasteiger partial charge on any atom is 3.00 e. The van der Waals surface area contributed by atoms with Crippen LogP contribution in [0.2, 0.25) is 0 Å². The predicted molar refractivity (Wildman–Crippen MR) is 122 cm³/mol. The number of ether oxygens (including phenoxy) is 3. The van der Waals surface area contributed by atoms with Gasteiger partial charge in [-0.3, -0.25) is 0 Å². The van der Waals surface area contributed by atoms with Crippen LogP contribution in [0.1, 0.15) is 93.2 Å². The summed E-state index contributed by atoms with van der Waals surface area (Å²) in [6, 6.07) is 10.5. The molecule has 0 aromatic heterocycles. The van der Waals surface area contributed by atoms with Gasteiger partial charge in [-0.1, -0.05) is 18.2 Å². The third-order valence-corrected chi connectivity index (χ3v) is 5.64. The Balaban J connectivity index is 0.000000175. The number of aromatic carboxylic acids is 3. The first-order valence-electron chi connectivity index (χ1n) is 11.1. The van der Waals surface area contributed by atoms with Crippen molar-refractivity contribution in [3.8, 4) is 0 Å². The van der Waals surface area contributed by atoms with E-state index >= 15 is 0 Å². The van der Waals surface area contributed by atoms with E-state index in [-0.39, 0.29) is 66.8 Å². The SMILES string of the molecule is O=C([O-])c1ccc2c(c1)C(=O)OC2=O.O=C([O-])c1ccc2c(c1)C(=O)OC2=O.O=C([O-])c1ccc2c(c1)C(=O)OC2=O.[Co+3]. The van der Waals surface area contributed by atoms with E-state index in [2.05, 4.69) is 14.2 Å². The standard InChI is InChI=1S/3C9H4O5.Co/c3*10-7(11)4-1-2-5-6(3-4)9(13)14-8(5)12;/h3*1-3H,(H,10,11);/q;;;+3/p-3. The Kier molecular flexibility index (Phi) is 8.98. The fourth-order valence-corrected chi connectivity index (χ4v) is 3.64. The summed E-state index contributed by atoms with van der Waals surface area (Å²) >= 11 is 0. The van der Waals surface area contributed by atoms with Crippen LogP contribution in [0.5, 0.6) is 0 Å². The first kappa shape index (κ1) is 31.5. The molecule has 0 fully saturated rings. The summed E-state index contributed by atoms with van der Waals surface area (Å²) in [5.74, 6) is -8.95. The van der Waals surface area contributed by atoms with Crippen LogP contribution in [-0.4, -0.2) is 53.7 Å². The number of benzene rings is 3. The van der Waals surface area contributed by atoms with E-state index in [0.29, 0.717) is 0 Å². The molecule has 0 radical (unpaired) electrons. The zero-order valence-corrected chi connectivity index (χ0v) is 21.7. The number of cyclic esters (lactones) is 6. The van der Waals surface area contributed by atoms with Crippen LogP contribution in [0.4, 0.5) is 0 Å². The van der Waals surface area contributed by atoms with Gasteiger partial charge in [0.1, 0.15) is 0 Å². The molecule has 0 unspecified atom stereocenters. The molecule has 3 aliphatic heterocycles. The maximum atomic E-state index is 11.0. The van der Waals surface area contributed by atoms with Gasteiger partial charge < -0.3 is 43.9 Å². The van der Waals surface area contributed by atoms with E-state index < -0.39 is 53.7 Å². The summed E-state index contributed by atoms with van der Waals surface area (Å²) in [7, 11) is 0. The normalized spacial score (nSPS) is 13.4. The monoisotopic (exact) mass is 632 g/mol. The number of hydrogen-bond acceptors (Lipinski definition) is 15. The largest absolute Gasteiger partial charge is 3.00 e. The fraction of sp³-hybridized carbons (Fsp3) is 0. The second-order valence-electron chi connectivity index (χ2n) is 8.17. The molecule has 3 aliphatic rings. The number of hydrogen-bond donors (Lipinski definition) is 0. The molecular formula is C27H9CoO15. The van der Waals surface area contributed by atoms with Crippen LogP contribution < -0.4 is 15.3 Å². The molecule has 0 N–H and O–H groups in total. The van der Waals surface area contributed by atoms with Gasteiger partial charge in [0.25, 0.3) is 0 Å². The van der Waals surface area contributed by atoms with E-state index in [0.717, 1.165) is 18.2 Å². The van der Waals surface area contributed by atoms with Gasteiger partial charge in [0, 0.05) is 0 Å². The van der Waals surface area contributed by atoms with Gasteiger partial charge in [-0.2, -0.15) is 0 Å². The molecule has 0 bridgehead atoms. The topological polar surface area (TPSA) is 250 Å². The van der Waals surface area contributed by atoms with E-state index in [1.165, 1.54) is 36.4 Å². The van der Waals surface area contributed by atoms with Gasteiger partial charge in [0.05, 0.1) is 51.3 Å². The summed E-state index contributed by atoms with van der Waals surface area (Å²) < 4.78 is 12.8. The molecule has 3 aromatic rings. The molecule has 16 heteroatoms. The van der Waals surface area contributed by atoms with Crippen LogP contribution in [0.3, 0.4) is 0 Å². The number of fused-ring (bicyclic) bond motifs is 3. The molecule has 0 saturated heterocycles. The number of esters is 6. The Hall–Kier alpha value is -6.00. The Morgan fingerprint density at radius 1 is 0.395 bits per heavy atom. The molecule has 0 spiro atoms. The van der Waals surface area contributed by atoms with Crippen molar-refractivity contribution in [3.05, 3.63) is 105 Å². The molecule has 3 aromatic carbocycles. The quantitative estimate of drug-likeness (QED) is 0.173. The van der Waals surface area contributed by atoms with Crippen molar-refractivity contribution in [1.82, 2.24) is 0 Å². The molecule has 3 heterocycles. The first-order chi connectivity index (χ1) is 19.8. The summed E-state index contributed by atoms with van der Waals surface area (Å²) in [5, 5.41) is 31.3. The Bertz CT molecular complexity index is 1600. The molecule has 0 atom stereocenters. The average molecular weight is 632 g/mol. The molecule has 216 valence electrons. The number of rotatable bonds is 3. The van der Waals surface area contributed by atoms with Gasteiger partial charge in [0.2, 0.25) is 0 Å². The average Bonchev–Trinajstić information content (AvgIpc) is 3.52.